The zero-order chi connectivity index (χ0) is 24.9. The maximum absolute atomic E-state index is 13.4. The van der Waals surface area contributed by atoms with E-state index in [4.69, 9.17) is 0 Å². The predicted octanol–water partition coefficient (Wildman–Crippen LogP) is 3.39. The number of aliphatic hydroxyl groups is 2. The Balaban J connectivity index is 1.50. The summed E-state index contributed by atoms with van der Waals surface area (Å²) >= 11 is 1.29. The van der Waals surface area contributed by atoms with Gasteiger partial charge in [-0.05, 0) is 81.6 Å². The first kappa shape index (κ1) is 25.9. The van der Waals surface area contributed by atoms with Gasteiger partial charge in [-0.3, -0.25) is 14.4 Å². The summed E-state index contributed by atoms with van der Waals surface area (Å²) in [6.07, 6.45) is 5.89. The van der Waals surface area contributed by atoms with E-state index >= 15 is 0 Å². The van der Waals surface area contributed by atoms with Crippen LogP contribution in [0.1, 0.15) is 72.6 Å². The fraction of sp³-hybridized carbons (Fsp3) is 0.815. The van der Waals surface area contributed by atoms with Crippen LogP contribution in [0, 0.1) is 28.6 Å². The van der Waals surface area contributed by atoms with Crippen molar-refractivity contribution in [2.24, 2.45) is 28.6 Å². The summed E-state index contributed by atoms with van der Waals surface area (Å²) in [6, 6.07) is 0. The number of Topliss-reactive ketones (excluding diaryl/α,β-unsaturated/α-hetero) is 1. The van der Waals surface area contributed by atoms with Crippen molar-refractivity contribution in [3.63, 3.8) is 0 Å². The van der Waals surface area contributed by atoms with Crippen molar-refractivity contribution in [3.05, 3.63) is 11.6 Å². The maximum atomic E-state index is 13.4. The summed E-state index contributed by atoms with van der Waals surface area (Å²) in [7, 11) is 0. The normalized spacial score (nSPS) is 41.2. The highest BCUT2D eigenvalue weighted by molar-refractivity contribution is 8.00. The molecule has 7 heteroatoms. The van der Waals surface area contributed by atoms with E-state index in [2.05, 4.69) is 6.92 Å². The van der Waals surface area contributed by atoms with Gasteiger partial charge in [0.25, 0.3) is 0 Å². The van der Waals surface area contributed by atoms with Gasteiger partial charge < -0.3 is 15.1 Å². The SMILES string of the molecule is CCN(CC)C(=O)CSCC(=O)[C@@]1(O)CCC2C3CCC4=CC(=O)CC[C@]4(C)C3[C@@H](O)C[C@@]21C. The Morgan fingerprint density at radius 2 is 1.82 bits per heavy atom. The molecule has 7 atom stereocenters. The molecule has 3 fully saturated rings. The van der Waals surface area contributed by atoms with Crippen LogP contribution in [0.5, 0.6) is 0 Å². The molecular weight excluding hydrogens is 450 g/mol. The lowest BCUT2D eigenvalue weighted by Gasteiger charge is -2.60. The number of thioether (sulfide) groups is 1. The largest absolute Gasteiger partial charge is 0.393 e. The predicted molar refractivity (Wildman–Crippen MR) is 133 cm³/mol. The van der Waals surface area contributed by atoms with Crippen LogP contribution in [0.25, 0.3) is 0 Å². The van der Waals surface area contributed by atoms with E-state index in [-0.39, 0.29) is 52.1 Å². The molecule has 34 heavy (non-hydrogen) atoms. The van der Waals surface area contributed by atoms with Crippen molar-refractivity contribution < 1.29 is 24.6 Å². The number of allylic oxidation sites excluding steroid dienone is 1. The number of rotatable bonds is 7. The maximum Gasteiger partial charge on any atom is 0.232 e. The van der Waals surface area contributed by atoms with Crippen molar-refractivity contribution in [1.29, 1.82) is 0 Å². The standard InChI is InChI=1S/C27H41NO5S/c1-5-28(6-2)23(32)16-34-15-22(31)27(33)12-10-20-19-8-7-17-13-18(29)9-11-25(17,3)24(19)21(30)14-26(20,27)4/h13,19-21,24,30,33H,5-12,14-16H2,1-4H3/t19?,20?,21-,24?,25-,26-,27-/m0/s1. The molecule has 0 aromatic carbocycles. The van der Waals surface area contributed by atoms with Gasteiger partial charge in [-0.2, -0.15) is 0 Å². The molecule has 6 nitrogen and oxygen atoms in total. The van der Waals surface area contributed by atoms with Gasteiger partial charge in [0.1, 0.15) is 5.60 Å². The third-order valence-electron chi connectivity index (χ3n) is 10.1. The van der Waals surface area contributed by atoms with Gasteiger partial charge >= 0.3 is 0 Å². The van der Waals surface area contributed by atoms with Crippen molar-refractivity contribution in [2.75, 3.05) is 24.6 Å². The highest BCUT2D eigenvalue weighted by Crippen LogP contribution is 2.67. The summed E-state index contributed by atoms with van der Waals surface area (Å²) in [4.78, 5) is 39.5. The second-order valence-corrected chi connectivity index (χ2v) is 12.4. The Labute approximate surface area is 207 Å². The number of carbonyl (C=O) groups is 3. The van der Waals surface area contributed by atoms with Gasteiger partial charge in [-0.15, -0.1) is 11.8 Å². The molecular formula is C27H41NO5S. The second-order valence-electron chi connectivity index (χ2n) is 11.5. The Hall–Kier alpha value is -1.18. The Bertz CT molecular complexity index is 884. The summed E-state index contributed by atoms with van der Waals surface area (Å²) in [5, 5.41) is 23.3. The number of aliphatic hydroxyl groups excluding tert-OH is 1. The lowest BCUT2D eigenvalue weighted by atomic mass is 9.45. The monoisotopic (exact) mass is 491 g/mol. The minimum Gasteiger partial charge on any atom is -0.393 e. The van der Waals surface area contributed by atoms with Gasteiger partial charge in [-0.1, -0.05) is 19.4 Å². The molecule has 0 saturated heterocycles. The molecule has 4 aliphatic carbocycles. The Kier molecular flexibility index (Phi) is 7.13. The molecule has 0 aromatic heterocycles. The minimum atomic E-state index is -1.46. The molecule has 0 bridgehead atoms. The van der Waals surface area contributed by atoms with Gasteiger partial charge in [0.15, 0.2) is 11.6 Å². The molecule has 0 radical (unpaired) electrons. The molecule has 3 saturated carbocycles. The molecule has 4 rings (SSSR count). The number of fused-ring (bicyclic) bond motifs is 5. The van der Waals surface area contributed by atoms with E-state index in [0.29, 0.717) is 32.4 Å². The van der Waals surface area contributed by atoms with Crippen LogP contribution in [0.15, 0.2) is 11.6 Å². The fourth-order valence-corrected chi connectivity index (χ4v) is 9.05. The molecule has 0 spiro atoms. The van der Waals surface area contributed by atoms with Crippen LogP contribution in [-0.2, 0) is 14.4 Å². The number of hydrogen-bond donors (Lipinski definition) is 2. The third kappa shape index (κ3) is 3.90. The molecule has 1 amide bonds. The Morgan fingerprint density at radius 3 is 2.50 bits per heavy atom. The number of nitrogens with zero attached hydrogens (tertiary/aromatic N) is 1. The smallest absolute Gasteiger partial charge is 0.232 e. The summed E-state index contributed by atoms with van der Waals surface area (Å²) in [6.45, 7) is 9.40. The number of ketones is 2. The van der Waals surface area contributed by atoms with Gasteiger partial charge in [-0.25, -0.2) is 0 Å². The van der Waals surface area contributed by atoms with Crippen LogP contribution in [0.3, 0.4) is 0 Å². The first-order valence-corrected chi connectivity index (χ1v) is 14.2. The number of amides is 1. The van der Waals surface area contributed by atoms with Crippen LogP contribution >= 0.6 is 11.8 Å². The second kappa shape index (κ2) is 9.36. The third-order valence-corrected chi connectivity index (χ3v) is 11.0. The van der Waals surface area contributed by atoms with Crippen molar-refractivity contribution in [1.82, 2.24) is 4.90 Å². The van der Waals surface area contributed by atoms with Crippen LogP contribution in [0.4, 0.5) is 0 Å². The van der Waals surface area contributed by atoms with E-state index in [9.17, 15) is 24.6 Å². The first-order chi connectivity index (χ1) is 16.0. The van der Waals surface area contributed by atoms with Gasteiger partial charge in [0, 0.05) is 24.9 Å². The highest BCUT2D eigenvalue weighted by atomic mass is 32.2. The van der Waals surface area contributed by atoms with Gasteiger partial charge in [0.2, 0.25) is 5.91 Å². The van der Waals surface area contributed by atoms with E-state index in [1.807, 2.05) is 26.8 Å². The molecule has 4 aliphatic rings. The number of carbonyl (C=O) groups excluding carboxylic acids is 3. The molecule has 2 N–H and O–H groups in total. The van der Waals surface area contributed by atoms with Crippen LogP contribution in [-0.4, -0.2) is 68.9 Å². The molecule has 0 heterocycles. The zero-order valence-electron chi connectivity index (χ0n) is 21.1. The molecule has 190 valence electrons. The quantitative estimate of drug-likeness (QED) is 0.567. The zero-order valence-corrected chi connectivity index (χ0v) is 22.0. The molecule has 3 unspecified atom stereocenters. The van der Waals surface area contributed by atoms with E-state index in [1.54, 1.807) is 4.90 Å². The summed E-state index contributed by atoms with van der Waals surface area (Å²) in [5.41, 5.74) is -1.13. The fourth-order valence-electron chi connectivity index (χ4n) is 8.17. The highest BCUT2D eigenvalue weighted by Gasteiger charge is 2.68. The summed E-state index contributed by atoms with van der Waals surface area (Å²) < 4.78 is 0. The van der Waals surface area contributed by atoms with Crippen molar-refractivity contribution in [3.8, 4) is 0 Å². The number of hydrogen-bond acceptors (Lipinski definition) is 6. The van der Waals surface area contributed by atoms with E-state index in [1.165, 1.54) is 17.3 Å². The first-order valence-electron chi connectivity index (χ1n) is 13.0. The summed E-state index contributed by atoms with van der Waals surface area (Å²) in [5.74, 6) is 0.844. The van der Waals surface area contributed by atoms with Crippen molar-refractivity contribution in [2.45, 2.75) is 84.3 Å². The van der Waals surface area contributed by atoms with Gasteiger partial charge in [0.05, 0.1) is 17.6 Å². The average molecular weight is 492 g/mol. The lowest BCUT2D eigenvalue weighted by Crippen LogP contribution is -2.62. The van der Waals surface area contributed by atoms with Crippen LogP contribution in [0.2, 0.25) is 0 Å². The van der Waals surface area contributed by atoms with E-state index < -0.39 is 17.1 Å². The molecule has 0 aliphatic heterocycles. The topological polar surface area (TPSA) is 94.9 Å². The Morgan fingerprint density at radius 1 is 1.12 bits per heavy atom. The van der Waals surface area contributed by atoms with Crippen molar-refractivity contribution >= 4 is 29.2 Å². The molecule has 0 aromatic rings. The lowest BCUT2D eigenvalue weighted by molar-refractivity contribution is -0.178. The van der Waals surface area contributed by atoms with E-state index in [0.717, 1.165) is 25.7 Å². The average Bonchev–Trinajstić information content (AvgIpc) is 3.06. The minimum absolute atomic E-state index is 0.0199. The van der Waals surface area contributed by atoms with Crippen LogP contribution < -0.4 is 0 Å².